The van der Waals surface area contributed by atoms with E-state index in [1.54, 1.807) is 0 Å². The third-order valence-electron chi connectivity index (χ3n) is 2.59. The molecule has 0 N–H and O–H groups in total. The van der Waals surface area contributed by atoms with Gasteiger partial charge in [-0.1, -0.05) is 11.6 Å². The first-order valence-electron chi connectivity index (χ1n) is 5.60. The summed E-state index contributed by atoms with van der Waals surface area (Å²) in [5.41, 5.74) is -0.398. The Hall–Kier alpha value is -0.920. The van der Waals surface area contributed by atoms with Crippen molar-refractivity contribution in [2.45, 2.75) is 31.6 Å². The molecule has 98 valence electrons. The molecule has 1 rings (SSSR count). The van der Waals surface area contributed by atoms with Crippen LogP contribution < -0.4 is 0 Å². The van der Waals surface area contributed by atoms with Crippen LogP contribution >= 0.6 is 11.6 Å². The van der Waals surface area contributed by atoms with Gasteiger partial charge in [-0.15, -0.1) is 0 Å². The molecule has 0 fully saturated rings. The van der Waals surface area contributed by atoms with Crippen LogP contribution in [0.15, 0.2) is 23.1 Å². The smallest absolute Gasteiger partial charge is 0.141 e. The molecule has 0 saturated carbocycles. The van der Waals surface area contributed by atoms with Crippen molar-refractivity contribution in [2.75, 3.05) is 5.75 Å². The van der Waals surface area contributed by atoms with Crippen LogP contribution in [0.3, 0.4) is 0 Å². The number of nitriles is 1. The highest BCUT2D eigenvalue weighted by atomic mass is 35.5. The van der Waals surface area contributed by atoms with E-state index < -0.39 is 22.0 Å². The Kier molecular flexibility index (Phi) is 5.30. The normalized spacial score (nSPS) is 13.1. The molecule has 2 nitrogen and oxygen atoms in total. The fraction of sp³-hybridized carbons (Fsp3) is 0.462. The molecule has 0 aliphatic carbocycles. The van der Waals surface area contributed by atoms with E-state index in [4.69, 9.17) is 16.9 Å². The Bertz CT molecular complexity index is 496. The number of hydrogen-bond donors (Lipinski definition) is 0. The maximum absolute atomic E-state index is 12.9. The maximum Gasteiger partial charge on any atom is 0.141 e. The van der Waals surface area contributed by atoms with Gasteiger partial charge < -0.3 is 0 Å². The number of rotatable bonds is 5. The van der Waals surface area contributed by atoms with Crippen LogP contribution in [0.2, 0.25) is 5.02 Å². The molecule has 0 amide bonds. The fourth-order valence-corrected chi connectivity index (χ4v) is 2.79. The van der Waals surface area contributed by atoms with Crippen molar-refractivity contribution in [3.8, 4) is 6.07 Å². The van der Waals surface area contributed by atoms with Gasteiger partial charge in [-0.2, -0.15) is 5.26 Å². The van der Waals surface area contributed by atoms with Crippen LogP contribution in [0.4, 0.5) is 4.39 Å². The molecule has 0 heterocycles. The topological polar surface area (TPSA) is 40.9 Å². The van der Waals surface area contributed by atoms with Crippen LogP contribution in [0, 0.1) is 22.6 Å². The number of hydrogen-bond acceptors (Lipinski definition) is 2. The van der Waals surface area contributed by atoms with Crippen molar-refractivity contribution in [2.24, 2.45) is 5.41 Å². The van der Waals surface area contributed by atoms with Crippen LogP contribution in [0.25, 0.3) is 0 Å². The van der Waals surface area contributed by atoms with Crippen LogP contribution in [0.1, 0.15) is 26.7 Å². The third kappa shape index (κ3) is 4.40. The van der Waals surface area contributed by atoms with Crippen molar-refractivity contribution < 1.29 is 8.60 Å². The summed E-state index contributed by atoms with van der Waals surface area (Å²) in [5, 5.41) is 8.84. The Labute approximate surface area is 114 Å². The molecule has 1 aromatic rings. The first kappa shape index (κ1) is 15.1. The number of benzene rings is 1. The zero-order chi connectivity index (χ0) is 13.8. The summed E-state index contributed by atoms with van der Waals surface area (Å²) in [6.45, 7) is 3.70. The largest absolute Gasteiger partial charge is 0.254 e. The second kappa shape index (κ2) is 6.31. The molecule has 0 bridgehead atoms. The van der Waals surface area contributed by atoms with Gasteiger partial charge in [0.25, 0.3) is 0 Å². The molecule has 18 heavy (non-hydrogen) atoms. The van der Waals surface area contributed by atoms with Gasteiger partial charge in [-0.05, 0) is 44.9 Å². The van der Waals surface area contributed by atoms with Crippen molar-refractivity contribution in [1.82, 2.24) is 0 Å². The molecule has 0 aromatic heterocycles. The summed E-state index contributed by atoms with van der Waals surface area (Å²) in [7, 11) is -1.20. The molecule has 1 unspecified atom stereocenters. The van der Waals surface area contributed by atoms with Crippen molar-refractivity contribution in [3.05, 3.63) is 29.0 Å². The first-order chi connectivity index (χ1) is 8.35. The second-order valence-electron chi connectivity index (χ2n) is 4.72. The van der Waals surface area contributed by atoms with Crippen molar-refractivity contribution >= 4 is 22.4 Å². The zero-order valence-electron chi connectivity index (χ0n) is 10.4. The van der Waals surface area contributed by atoms with E-state index in [0.717, 1.165) is 0 Å². The third-order valence-corrected chi connectivity index (χ3v) is 4.32. The summed E-state index contributed by atoms with van der Waals surface area (Å²) >= 11 is 5.63. The van der Waals surface area contributed by atoms with Gasteiger partial charge in [0.1, 0.15) is 5.82 Å². The lowest BCUT2D eigenvalue weighted by molar-refractivity contribution is 0.447. The van der Waals surface area contributed by atoms with Crippen LogP contribution in [-0.4, -0.2) is 9.96 Å². The standard InChI is InChI=1S/C13H15ClFNOS/c1-13(2,9-16)6-3-7-18(17)10-4-5-12(15)11(14)8-10/h4-5,8H,3,6-7H2,1-2H3. The molecule has 1 aromatic carbocycles. The van der Waals surface area contributed by atoms with Gasteiger partial charge in [0.05, 0.1) is 27.3 Å². The monoisotopic (exact) mass is 287 g/mol. The molecule has 1 atom stereocenters. The lowest BCUT2D eigenvalue weighted by atomic mass is 9.90. The summed E-state index contributed by atoms with van der Waals surface area (Å²) < 4.78 is 24.9. The zero-order valence-corrected chi connectivity index (χ0v) is 11.9. The minimum atomic E-state index is -1.20. The van der Waals surface area contributed by atoms with Crippen molar-refractivity contribution in [1.29, 1.82) is 5.26 Å². The highest BCUT2D eigenvalue weighted by molar-refractivity contribution is 7.85. The van der Waals surface area contributed by atoms with Gasteiger partial charge in [0, 0.05) is 10.6 Å². The highest BCUT2D eigenvalue weighted by Gasteiger charge is 2.17. The quantitative estimate of drug-likeness (QED) is 0.823. The van der Waals surface area contributed by atoms with Gasteiger partial charge in [-0.25, -0.2) is 4.39 Å². The lowest BCUT2D eigenvalue weighted by Gasteiger charge is -2.14. The van der Waals surface area contributed by atoms with Gasteiger partial charge >= 0.3 is 0 Å². The Balaban J connectivity index is 2.56. The molecule has 0 spiro atoms. The van der Waals surface area contributed by atoms with Gasteiger partial charge in [0.15, 0.2) is 0 Å². The van der Waals surface area contributed by atoms with E-state index >= 15 is 0 Å². The van der Waals surface area contributed by atoms with Gasteiger partial charge in [0.2, 0.25) is 0 Å². The van der Waals surface area contributed by atoms with E-state index in [0.29, 0.717) is 23.5 Å². The summed E-state index contributed by atoms with van der Waals surface area (Å²) in [4.78, 5) is 0.524. The second-order valence-corrected chi connectivity index (χ2v) is 6.70. The molecular formula is C13H15ClFNOS. The van der Waals surface area contributed by atoms with Crippen LogP contribution in [0.5, 0.6) is 0 Å². The number of halogens is 2. The Morgan fingerprint density at radius 1 is 1.50 bits per heavy atom. The SMILES string of the molecule is CC(C)(C#N)CCCS(=O)c1ccc(F)c(Cl)c1. The average Bonchev–Trinajstić information content (AvgIpc) is 2.32. The molecule has 5 heteroatoms. The predicted molar refractivity (Wildman–Crippen MR) is 71.3 cm³/mol. The summed E-state index contributed by atoms with van der Waals surface area (Å²) in [6, 6.07) is 6.29. The fourth-order valence-electron chi connectivity index (χ4n) is 1.44. The van der Waals surface area contributed by atoms with E-state index in [1.165, 1.54) is 18.2 Å². The van der Waals surface area contributed by atoms with Crippen molar-refractivity contribution in [3.63, 3.8) is 0 Å². The first-order valence-corrected chi connectivity index (χ1v) is 7.30. The van der Waals surface area contributed by atoms with E-state index in [2.05, 4.69) is 6.07 Å². The Morgan fingerprint density at radius 2 is 2.17 bits per heavy atom. The molecule has 0 saturated heterocycles. The number of nitrogens with zero attached hydrogens (tertiary/aromatic N) is 1. The highest BCUT2D eigenvalue weighted by Crippen LogP contribution is 2.23. The molecule has 0 aliphatic heterocycles. The maximum atomic E-state index is 12.9. The minimum absolute atomic E-state index is 0.0156. The van der Waals surface area contributed by atoms with E-state index in [-0.39, 0.29) is 5.02 Å². The predicted octanol–water partition coefficient (Wildman–Crippen LogP) is 3.92. The van der Waals surface area contributed by atoms with E-state index in [9.17, 15) is 8.60 Å². The molecular weight excluding hydrogens is 273 g/mol. The molecule has 0 aliphatic rings. The van der Waals surface area contributed by atoms with E-state index in [1.807, 2.05) is 13.8 Å². The average molecular weight is 288 g/mol. The molecule has 0 radical (unpaired) electrons. The minimum Gasteiger partial charge on any atom is -0.254 e. The summed E-state index contributed by atoms with van der Waals surface area (Å²) in [6.07, 6.45) is 1.37. The van der Waals surface area contributed by atoms with Crippen LogP contribution in [-0.2, 0) is 10.8 Å². The Morgan fingerprint density at radius 3 is 2.72 bits per heavy atom. The summed E-state index contributed by atoms with van der Waals surface area (Å²) in [5.74, 6) is -0.0596. The van der Waals surface area contributed by atoms with Gasteiger partial charge in [-0.3, -0.25) is 4.21 Å². The lowest BCUT2D eigenvalue weighted by Crippen LogP contribution is -2.10.